The van der Waals surface area contributed by atoms with Gasteiger partial charge in [0.1, 0.15) is 12.4 Å². The van der Waals surface area contributed by atoms with Gasteiger partial charge in [-0.1, -0.05) is 24.3 Å². The molecule has 0 saturated heterocycles. The molecule has 0 aliphatic heterocycles. The van der Waals surface area contributed by atoms with Crippen molar-refractivity contribution in [3.05, 3.63) is 88.0 Å². The number of anilines is 1. The average Bonchev–Trinajstić information content (AvgIpc) is 3.48. The Morgan fingerprint density at radius 3 is 2.61 bits per heavy atom. The average molecular weight is 525 g/mol. The third-order valence-electron chi connectivity index (χ3n) is 6.01. The Labute approximate surface area is 215 Å². The van der Waals surface area contributed by atoms with Crippen molar-refractivity contribution in [2.24, 2.45) is 0 Å². The van der Waals surface area contributed by atoms with Crippen molar-refractivity contribution < 1.29 is 23.1 Å². The standard InChI is InChI=1S/C27H28N2O5S2/c1-4-12-29(36(32,33)27-28-19(3)17-35-27)24-14-21-6-5-7-22(21)15-25(24)34-16-23-10-8-20(13-18(23)2)9-11-26(30)31/h4,8-11,13-15,17H,1,5-7,12,16H2,2-3H3,(H,30,31). The monoisotopic (exact) mass is 524 g/mol. The number of carbonyl (C=O) groups is 1. The quantitative estimate of drug-likeness (QED) is 0.285. The van der Waals surface area contributed by atoms with Gasteiger partial charge in [-0.15, -0.1) is 17.9 Å². The highest BCUT2D eigenvalue weighted by Crippen LogP contribution is 2.39. The van der Waals surface area contributed by atoms with E-state index in [2.05, 4.69) is 11.6 Å². The summed E-state index contributed by atoms with van der Waals surface area (Å²) in [5.74, 6) is -0.514. The molecule has 1 N–H and O–H groups in total. The number of aliphatic carboxylic acids is 1. The van der Waals surface area contributed by atoms with E-state index >= 15 is 0 Å². The predicted octanol–water partition coefficient (Wildman–Crippen LogP) is 5.31. The Bertz CT molecular complexity index is 1440. The Hall–Kier alpha value is -3.43. The number of rotatable bonds is 10. The van der Waals surface area contributed by atoms with Crippen molar-refractivity contribution in [2.45, 2.75) is 44.1 Å². The molecule has 2 aromatic carbocycles. The van der Waals surface area contributed by atoms with Gasteiger partial charge in [-0.2, -0.15) is 8.42 Å². The maximum absolute atomic E-state index is 13.6. The van der Waals surface area contributed by atoms with Gasteiger partial charge in [-0.05, 0) is 79.1 Å². The van der Waals surface area contributed by atoms with E-state index in [1.54, 1.807) is 18.4 Å². The molecule has 4 rings (SSSR count). The normalized spacial score (nSPS) is 13.1. The summed E-state index contributed by atoms with van der Waals surface area (Å²) in [4.78, 5) is 15.0. The van der Waals surface area contributed by atoms with Gasteiger partial charge < -0.3 is 9.84 Å². The summed E-state index contributed by atoms with van der Waals surface area (Å²) >= 11 is 1.10. The van der Waals surface area contributed by atoms with Crippen LogP contribution in [0.25, 0.3) is 6.08 Å². The van der Waals surface area contributed by atoms with Crippen LogP contribution in [0.5, 0.6) is 5.75 Å². The summed E-state index contributed by atoms with van der Waals surface area (Å²) in [6, 6.07) is 9.48. The highest BCUT2D eigenvalue weighted by Gasteiger charge is 2.30. The van der Waals surface area contributed by atoms with Crippen LogP contribution in [0.1, 0.15) is 39.9 Å². The Morgan fingerprint density at radius 2 is 1.97 bits per heavy atom. The number of sulfonamides is 1. The van der Waals surface area contributed by atoms with E-state index in [0.717, 1.165) is 58.9 Å². The third kappa shape index (κ3) is 5.52. The molecule has 0 bridgehead atoms. The number of aryl methyl sites for hydroxylation is 4. The van der Waals surface area contributed by atoms with Crippen LogP contribution in [0.3, 0.4) is 0 Å². The molecule has 1 aliphatic carbocycles. The summed E-state index contributed by atoms with van der Waals surface area (Å²) in [7, 11) is -3.91. The predicted molar refractivity (Wildman–Crippen MR) is 142 cm³/mol. The van der Waals surface area contributed by atoms with Gasteiger partial charge in [0.2, 0.25) is 4.34 Å². The lowest BCUT2D eigenvalue weighted by Crippen LogP contribution is -2.31. The number of hydrogen-bond donors (Lipinski definition) is 1. The van der Waals surface area contributed by atoms with Crippen LogP contribution in [0.2, 0.25) is 0 Å². The fraction of sp³-hybridized carbons (Fsp3) is 0.259. The molecule has 0 atom stereocenters. The lowest BCUT2D eigenvalue weighted by molar-refractivity contribution is -0.131. The number of benzene rings is 2. The van der Waals surface area contributed by atoms with Crippen molar-refractivity contribution in [3.8, 4) is 5.75 Å². The molecule has 1 aromatic heterocycles. The van der Waals surface area contributed by atoms with Crippen LogP contribution in [0.4, 0.5) is 5.69 Å². The van der Waals surface area contributed by atoms with E-state index in [-0.39, 0.29) is 17.5 Å². The topological polar surface area (TPSA) is 96.8 Å². The number of nitrogens with zero attached hydrogens (tertiary/aromatic N) is 2. The van der Waals surface area contributed by atoms with E-state index in [4.69, 9.17) is 9.84 Å². The van der Waals surface area contributed by atoms with E-state index in [1.165, 1.54) is 15.9 Å². The van der Waals surface area contributed by atoms with E-state index in [0.29, 0.717) is 17.1 Å². The second-order valence-corrected chi connectivity index (χ2v) is 11.6. The van der Waals surface area contributed by atoms with Crippen molar-refractivity contribution in [1.82, 2.24) is 4.98 Å². The number of hydrogen-bond acceptors (Lipinski definition) is 6. The zero-order valence-electron chi connectivity index (χ0n) is 20.2. The number of ether oxygens (including phenoxy) is 1. The minimum Gasteiger partial charge on any atom is -0.487 e. The van der Waals surface area contributed by atoms with Gasteiger partial charge in [-0.3, -0.25) is 4.31 Å². The highest BCUT2D eigenvalue weighted by molar-refractivity contribution is 7.94. The number of carboxylic acids is 1. The number of carboxylic acid groups (broad SMARTS) is 1. The summed E-state index contributed by atoms with van der Waals surface area (Å²) in [5.41, 5.74) is 6.06. The minimum absolute atomic E-state index is 0.0362. The lowest BCUT2D eigenvalue weighted by atomic mass is 10.1. The molecule has 1 aliphatic rings. The second-order valence-electron chi connectivity index (χ2n) is 8.67. The smallest absolute Gasteiger partial charge is 0.328 e. The van der Waals surface area contributed by atoms with Gasteiger partial charge in [-0.25, -0.2) is 9.78 Å². The van der Waals surface area contributed by atoms with Crippen LogP contribution in [-0.4, -0.2) is 31.0 Å². The molecule has 7 nitrogen and oxygen atoms in total. The van der Waals surface area contributed by atoms with Crippen LogP contribution in [0.15, 0.2) is 58.8 Å². The zero-order chi connectivity index (χ0) is 25.9. The van der Waals surface area contributed by atoms with Gasteiger partial charge in [0, 0.05) is 17.2 Å². The molecule has 0 unspecified atom stereocenters. The first-order chi connectivity index (χ1) is 17.2. The van der Waals surface area contributed by atoms with Crippen LogP contribution in [0, 0.1) is 13.8 Å². The fourth-order valence-electron chi connectivity index (χ4n) is 4.20. The molecule has 0 amide bonds. The SMILES string of the molecule is C=CCN(c1cc2c(cc1OCc1ccc(C=CC(=O)O)cc1C)CCC2)S(=O)(=O)c1nc(C)cs1. The van der Waals surface area contributed by atoms with Gasteiger partial charge in [0.25, 0.3) is 10.0 Å². The highest BCUT2D eigenvalue weighted by atomic mass is 32.2. The third-order valence-corrected chi connectivity index (χ3v) is 9.15. The molecular formula is C27H28N2O5S2. The van der Waals surface area contributed by atoms with Gasteiger partial charge >= 0.3 is 5.97 Å². The molecule has 0 fully saturated rings. The molecular weight excluding hydrogens is 496 g/mol. The van der Waals surface area contributed by atoms with Crippen molar-refractivity contribution in [1.29, 1.82) is 0 Å². The fourth-order valence-corrected chi connectivity index (χ4v) is 6.77. The summed E-state index contributed by atoms with van der Waals surface area (Å²) < 4.78 is 34.8. The Kier molecular flexibility index (Phi) is 7.61. The number of fused-ring (bicyclic) bond motifs is 1. The maximum Gasteiger partial charge on any atom is 0.328 e. The van der Waals surface area contributed by atoms with Crippen molar-refractivity contribution >= 4 is 39.1 Å². The lowest BCUT2D eigenvalue weighted by Gasteiger charge is -2.25. The van der Waals surface area contributed by atoms with Gasteiger partial charge in [0.05, 0.1) is 12.2 Å². The zero-order valence-corrected chi connectivity index (χ0v) is 21.9. The van der Waals surface area contributed by atoms with E-state index in [1.807, 2.05) is 37.3 Å². The first kappa shape index (κ1) is 25.7. The molecule has 1 heterocycles. The second kappa shape index (κ2) is 10.7. The first-order valence-electron chi connectivity index (χ1n) is 11.5. The number of aromatic nitrogens is 1. The largest absolute Gasteiger partial charge is 0.487 e. The molecule has 0 spiro atoms. The van der Waals surface area contributed by atoms with Crippen LogP contribution < -0.4 is 9.04 Å². The Balaban J connectivity index is 1.69. The summed E-state index contributed by atoms with van der Waals surface area (Å²) in [5, 5.41) is 10.6. The molecule has 0 radical (unpaired) electrons. The van der Waals surface area contributed by atoms with E-state index in [9.17, 15) is 13.2 Å². The van der Waals surface area contributed by atoms with E-state index < -0.39 is 16.0 Å². The molecule has 9 heteroatoms. The van der Waals surface area contributed by atoms with Crippen LogP contribution in [-0.2, 0) is 34.3 Å². The maximum atomic E-state index is 13.6. The summed E-state index contributed by atoms with van der Waals surface area (Å²) in [6.07, 6.45) is 7.03. The molecule has 3 aromatic rings. The van der Waals surface area contributed by atoms with Gasteiger partial charge in [0.15, 0.2) is 0 Å². The van der Waals surface area contributed by atoms with Crippen LogP contribution >= 0.6 is 11.3 Å². The van der Waals surface area contributed by atoms with Crippen molar-refractivity contribution in [2.75, 3.05) is 10.8 Å². The summed E-state index contributed by atoms with van der Waals surface area (Å²) in [6.45, 7) is 7.79. The Morgan fingerprint density at radius 1 is 1.22 bits per heavy atom. The number of thiazole rings is 1. The van der Waals surface area contributed by atoms with Crippen molar-refractivity contribution in [3.63, 3.8) is 0 Å². The molecule has 0 saturated carbocycles. The molecule has 36 heavy (non-hydrogen) atoms. The molecule has 188 valence electrons. The first-order valence-corrected chi connectivity index (χ1v) is 13.9. The minimum atomic E-state index is -3.91.